The van der Waals surface area contributed by atoms with Crippen LogP contribution in [0.15, 0.2) is 36.4 Å². The van der Waals surface area contributed by atoms with E-state index in [-0.39, 0.29) is 49.7 Å². The topological polar surface area (TPSA) is 68.0 Å². The molecule has 0 aliphatic heterocycles. The second kappa shape index (κ2) is 8.84. The first-order valence-electron chi connectivity index (χ1n) is 7.94. The van der Waals surface area contributed by atoms with Gasteiger partial charge in [0.1, 0.15) is 22.5 Å². The molecule has 1 N–H and O–H groups in total. The number of aromatic hydroxyl groups is 1. The fourth-order valence-corrected chi connectivity index (χ4v) is 2.71. The van der Waals surface area contributed by atoms with Gasteiger partial charge in [-0.15, -0.1) is 21.4 Å². The number of hydrogen-bond acceptors (Lipinski definition) is 4. The summed E-state index contributed by atoms with van der Waals surface area (Å²) in [6.07, 6.45) is 2.81. The van der Waals surface area contributed by atoms with Gasteiger partial charge in [0.2, 0.25) is 0 Å². The summed E-state index contributed by atoms with van der Waals surface area (Å²) in [4.78, 5) is 12.1. The van der Waals surface area contributed by atoms with Crippen LogP contribution in [-0.2, 0) is 16.6 Å². The molecule has 3 rings (SSSR count). The van der Waals surface area contributed by atoms with Gasteiger partial charge in [0, 0.05) is 5.56 Å². The van der Waals surface area contributed by atoms with Crippen molar-refractivity contribution in [2.75, 3.05) is 0 Å². The molecule has 0 aliphatic rings. The summed E-state index contributed by atoms with van der Waals surface area (Å²) in [7, 11) is 0. The predicted octanol–water partition coefficient (Wildman–Crippen LogP) is 3.92. The summed E-state index contributed by atoms with van der Waals surface area (Å²) in [6, 6.07) is 11.3. The molecular formula is C20H23N3O2U. The van der Waals surface area contributed by atoms with E-state index in [0.717, 1.165) is 22.2 Å². The molecule has 0 unspecified atom stereocenters. The summed E-state index contributed by atoms with van der Waals surface area (Å²) < 4.78 is 0. The van der Waals surface area contributed by atoms with Gasteiger partial charge in [-0.25, -0.2) is 0 Å². The van der Waals surface area contributed by atoms with Crippen molar-refractivity contribution in [3.8, 4) is 11.4 Å². The number of aromatic nitrogens is 3. The van der Waals surface area contributed by atoms with Crippen LogP contribution in [0.4, 0.5) is 0 Å². The Kier molecular flexibility index (Phi) is 7.61. The molecule has 2 aromatic carbocycles. The molecular weight excluding hydrogens is 552 g/mol. The molecule has 0 radical (unpaired) electrons. The fourth-order valence-electron chi connectivity index (χ4n) is 2.71. The monoisotopic (exact) mass is 575 g/mol. The van der Waals surface area contributed by atoms with Crippen molar-refractivity contribution in [2.24, 2.45) is 0 Å². The Morgan fingerprint density at radius 2 is 1.69 bits per heavy atom. The molecule has 134 valence electrons. The van der Waals surface area contributed by atoms with E-state index in [9.17, 15) is 9.90 Å². The number of fused-ring (bicyclic) bond motifs is 1. The maximum absolute atomic E-state index is 10.8. The quantitative estimate of drug-likeness (QED) is 0.480. The molecule has 0 saturated carbocycles. The molecule has 1 aromatic heterocycles. The van der Waals surface area contributed by atoms with Crippen LogP contribution in [0.3, 0.4) is 0 Å². The molecule has 0 amide bonds. The first-order chi connectivity index (χ1) is 11.4. The Balaban J connectivity index is 0.00000169. The van der Waals surface area contributed by atoms with Crippen LogP contribution in [0.5, 0.6) is 5.75 Å². The minimum Gasteiger partial charge on any atom is -0.542 e. The van der Waals surface area contributed by atoms with Gasteiger partial charge in [-0.3, -0.25) is 6.29 Å². The largest absolute Gasteiger partial charge is 2.00 e. The number of hydrogen-bond donors (Lipinski definition) is 1. The van der Waals surface area contributed by atoms with Crippen molar-refractivity contribution in [1.82, 2.24) is 15.0 Å². The van der Waals surface area contributed by atoms with Crippen LogP contribution < -0.4 is 0 Å². The van der Waals surface area contributed by atoms with Crippen LogP contribution in [0, 0.1) is 38.5 Å². The Morgan fingerprint density at radius 1 is 1.12 bits per heavy atom. The zero-order valence-electron chi connectivity index (χ0n) is 15.6. The Morgan fingerprint density at radius 3 is 2.19 bits per heavy atom. The summed E-state index contributed by atoms with van der Waals surface area (Å²) >= 11 is 0. The number of phenolic OH excluding ortho intramolecular Hbond substituents is 1. The smallest absolute Gasteiger partial charge is 0.542 e. The van der Waals surface area contributed by atoms with Crippen molar-refractivity contribution in [1.29, 1.82) is 0 Å². The van der Waals surface area contributed by atoms with Gasteiger partial charge in [0.05, 0.1) is 0 Å². The Hall–Kier alpha value is -1.64. The van der Waals surface area contributed by atoms with Gasteiger partial charge in [0.15, 0.2) is 0 Å². The molecule has 0 bridgehead atoms. The predicted molar refractivity (Wildman–Crippen MR) is 99.7 cm³/mol. The number of aryl methyl sites for hydroxylation is 1. The SMILES string of the molecule is CC(C)(C)c1cc(CC[C-]=O)cc(-n2nc3ccccc3n2)c1O.[CH3-].[U+2]. The second-order valence-electron chi connectivity index (χ2n) is 6.88. The molecule has 5 nitrogen and oxygen atoms in total. The van der Waals surface area contributed by atoms with Gasteiger partial charge in [-0.1, -0.05) is 45.4 Å². The van der Waals surface area contributed by atoms with Gasteiger partial charge >= 0.3 is 31.1 Å². The average molecular weight is 575 g/mol. The molecule has 0 spiro atoms. The third kappa shape index (κ3) is 4.55. The Bertz CT molecular complexity index is 865. The number of benzene rings is 2. The minimum absolute atomic E-state index is 0. The van der Waals surface area contributed by atoms with Crippen LogP contribution in [0.1, 0.15) is 38.3 Å². The fraction of sp³-hybridized carbons (Fsp3) is 0.300. The van der Waals surface area contributed by atoms with Gasteiger partial charge in [0.25, 0.3) is 0 Å². The maximum atomic E-state index is 10.8. The van der Waals surface area contributed by atoms with Crippen molar-refractivity contribution in [2.45, 2.75) is 39.0 Å². The maximum Gasteiger partial charge on any atom is 2.00 e. The summed E-state index contributed by atoms with van der Waals surface area (Å²) in [6.45, 7) is 6.11. The van der Waals surface area contributed by atoms with E-state index in [1.807, 2.05) is 63.5 Å². The van der Waals surface area contributed by atoms with E-state index in [1.54, 1.807) is 0 Å². The van der Waals surface area contributed by atoms with Crippen LogP contribution >= 0.6 is 0 Å². The normalized spacial score (nSPS) is 10.9. The zero-order chi connectivity index (χ0) is 17.3. The third-order valence-electron chi connectivity index (χ3n) is 3.98. The molecule has 0 atom stereocenters. The summed E-state index contributed by atoms with van der Waals surface area (Å²) in [5.74, 6) is 0.168. The Labute approximate surface area is 178 Å². The van der Waals surface area contributed by atoms with E-state index >= 15 is 0 Å². The number of nitrogens with zero attached hydrogens (tertiary/aromatic N) is 3. The van der Waals surface area contributed by atoms with Gasteiger partial charge in [-0.05, 0) is 29.2 Å². The van der Waals surface area contributed by atoms with Crippen LogP contribution in [-0.4, -0.2) is 26.4 Å². The molecule has 0 aliphatic carbocycles. The van der Waals surface area contributed by atoms with E-state index in [4.69, 9.17) is 0 Å². The van der Waals surface area contributed by atoms with E-state index < -0.39 is 0 Å². The molecule has 0 saturated heterocycles. The van der Waals surface area contributed by atoms with Crippen molar-refractivity contribution < 1.29 is 41.0 Å². The van der Waals surface area contributed by atoms with E-state index in [1.165, 1.54) is 4.80 Å². The van der Waals surface area contributed by atoms with Crippen LogP contribution in [0.2, 0.25) is 0 Å². The number of phenols is 1. The zero-order valence-corrected chi connectivity index (χ0v) is 19.7. The van der Waals surface area contributed by atoms with Gasteiger partial charge in [-0.2, -0.15) is 0 Å². The van der Waals surface area contributed by atoms with Crippen LogP contribution in [0.25, 0.3) is 16.7 Å². The number of rotatable bonds is 4. The molecule has 0 fully saturated rings. The standard InChI is InChI=1S/C19H20N3O2.CH3.U/c1-19(2,3)14-11-13(7-6-10-23)12-17(18(14)24)22-20-15-8-4-5-9-16(15)21-22;;/h4-5,8-9,11-12,24H,6-7H2,1-3H3;1H3;/q2*-1;+2. The van der Waals surface area contributed by atoms with E-state index in [0.29, 0.717) is 18.5 Å². The van der Waals surface area contributed by atoms with Crippen molar-refractivity contribution >= 4 is 17.3 Å². The van der Waals surface area contributed by atoms with Crippen molar-refractivity contribution in [3.05, 3.63) is 55.0 Å². The molecule has 3 aromatic rings. The first kappa shape index (κ1) is 22.4. The summed E-state index contributed by atoms with van der Waals surface area (Å²) in [5, 5.41) is 19.7. The van der Waals surface area contributed by atoms with Crippen molar-refractivity contribution in [3.63, 3.8) is 0 Å². The minimum atomic E-state index is -0.244. The number of carbonyl (C=O) groups excluding carboxylic acids is 1. The summed E-state index contributed by atoms with van der Waals surface area (Å²) in [5.41, 5.74) is 3.58. The second-order valence-corrected chi connectivity index (χ2v) is 6.88. The van der Waals surface area contributed by atoms with E-state index in [2.05, 4.69) is 10.2 Å². The molecule has 6 heteroatoms. The molecule has 1 heterocycles. The third-order valence-corrected chi connectivity index (χ3v) is 3.98. The first-order valence-corrected chi connectivity index (χ1v) is 7.94. The average Bonchev–Trinajstić information content (AvgIpc) is 2.96. The molecule has 26 heavy (non-hydrogen) atoms. The van der Waals surface area contributed by atoms with Gasteiger partial charge < -0.3 is 17.3 Å².